The molecule has 3 rings (SSSR count). The van der Waals surface area contributed by atoms with E-state index in [9.17, 15) is 0 Å². The summed E-state index contributed by atoms with van der Waals surface area (Å²) in [6.07, 6.45) is 6.92. The highest BCUT2D eigenvalue weighted by Crippen LogP contribution is 2.37. The normalized spacial score (nSPS) is 28.1. The molecular weight excluding hydrogens is 250 g/mol. The lowest BCUT2D eigenvalue weighted by Crippen LogP contribution is -2.31. The number of benzene rings is 1. The second-order valence-corrected chi connectivity index (χ2v) is 7.40. The first-order valence-corrected chi connectivity index (χ1v) is 8.70. The minimum Gasteiger partial charge on any atom is -0.302 e. The minimum absolute atomic E-state index is 0.788. The molecule has 2 unspecified atom stereocenters. The van der Waals surface area contributed by atoms with E-state index in [1.54, 1.807) is 5.56 Å². The van der Waals surface area contributed by atoms with E-state index in [4.69, 9.17) is 0 Å². The van der Waals surface area contributed by atoms with Crippen molar-refractivity contribution >= 4 is 11.8 Å². The fraction of sp³-hybridized carbons (Fsp3) is 0.647. The van der Waals surface area contributed by atoms with Crippen LogP contribution in [0.2, 0.25) is 0 Å². The van der Waals surface area contributed by atoms with Crippen LogP contribution in [0.15, 0.2) is 29.2 Å². The maximum absolute atomic E-state index is 2.72. The van der Waals surface area contributed by atoms with Crippen molar-refractivity contribution < 1.29 is 0 Å². The Hall–Kier alpha value is -0.470. The molecule has 19 heavy (non-hydrogen) atoms. The zero-order valence-corrected chi connectivity index (χ0v) is 12.8. The lowest BCUT2D eigenvalue weighted by molar-refractivity contribution is 0.281. The van der Waals surface area contributed by atoms with Gasteiger partial charge in [0.05, 0.1) is 0 Å². The highest BCUT2D eigenvalue weighted by atomic mass is 32.2. The van der Waals surface area contributed by atoms with Crippen molar-refractivity contribution in [1.82, 2.24) is 4.90 Å². The largest absolute Gasteiger partial charge is 0.302 e. The van der Waals surface area contributed by atoms with E-state index in [2.05, 4.69) is 47.9 Å². The fourth-order valence-corrected chi connectivity index (χ4v) is 4.83. The molecule has 0 spiro atoms. The topological polar surface area (TPSA) is 3.24 Å². The first kappa shape index (κ1) is 13.5. The first-order chi connectivity index (χ1) is 9.35. The Morgan fingerprint density at radius 3 is 2.95 bits per heavy atom. The van der Waals surface area contributed by atoms with Gasteiger partial charge in [0.25, 0.3) is 0 Å². The van der Waals surface area contributed by atoms with E-state index in [1.165, 1.54) is 56.6 Å². The second-order valence-electron chi connectivity index (χ2n) is 6.06. The molecule has 2 aliphatic heterocycles. The van der Waals surface area contributed by atoms with Crippen LogP contribution >= 0.6 is 11.8 Å². The lowest BCUT2D eigenvalue weighted by Gasteiger charge is -2.23. The fourth-order valence-electron chi connectivity index (χ4n) is 3.46. The molecule has 1 aromatic carbocycles. The van der Waals surface area contributed by atoms with E-state index < -0.39 is 0 Å². The molecule has 1 saturated heterocycles. The molecule has 0 bridgehead atoms. The lowest BCUT2D eigenvalue weighted by atomic mass is 9.98. The van der Waals surface area contributed by atoms with Crippen LogP contribution in [0.5, 0.6) is 0 Å². The van der Waals surface area contributed by atoms with Crippen LogP contribution in [0.3, 0.4) is 0 Å². The minimum atomic E-state index is 0.788. The number of rotatable bonds is 3. The SMILES string of the molecule is CCC1CCCN(CC2Cc3ccccc3S2)CC1. The summed E-state index contributed by atoms with van der Waals surface area (Å²) in [7, 11) is 0. The Bertz CT molecular complexity index is 392. The van der Waals surface area contributed by atoms with E-state index in [0.29, 0.717) is 0 Å². The molecule has 2 aliphatic rings. The van der Waals surface area contributed by atoms with Crippen molar-refractivity contribution in [2.45, 2.75) is 49.2 Å². The molecule has 0 amide bonds. The smallest absolute Gasteiger partial charge is 0.0263 e. The van der Waals surface area contributed by atoms with Crippen molar-refractivity contribution in [2.24, 2.45) is 5.92 Å². The maximum atomic E-state index is 2.72. The van der Waals surface area contributed by atoms with Gasteiger partial charge in [-0.1, -0.05) is 31.5 Å². The standard InChI is InChI=1S/C17H25NS/c1-2-14-6-5-10-18(11-9-14)13-16-12-15-7-3-4-8-17(15)19-16/h3-4,7-8,14,16H,2,5-6,9-13H2,1H3. The summed E-state index contributed by atoms with van der Waals surface area (Å²) in [5.74, 6) is 0.985. The molecule has 1 aromatic rings. The molecule has 0 saturated carbocycles. The summed E-state index contributed by atoms with van der Waals surface area (Å²) < 4.78 is 0. The summed E-state index contributed by atoms with van der Waals surface area (Å²) in [4.78, 5) is 4.24. The van der Waals surface area contributed by atoms with Crippen LogP contribution < -0.4 is 0 Å². The van der Waals surface area contributed by atoms with Gasteiger partial charge >= 0.3 is 0 Å². The van der Waals surface area contributed by atoms with Crippen LogP contribution in [0.25, 0.3) is 0 Å². The quantitative estimate of drug-likeness (QED) is 0.812. The van der Waals surface area contributed by atoms with Gasteiger partial charge in [-0.2, -0.15) is 0 Å². The van der Waals surface area contributed by atoms with Crippen LogP contribution in [0, 0.1) is 5.92 Å². The molecule has 0 aliphatic carbocycles. The van der Waals surface area contributed by atoms with Crippen molar-refractivity contribution in [2.75, 3.05) is 19.6 Å². The molecular formula is C17H25NS. The van der Waals surface area contributed by atoms with E-state index in [1.807, 2.05) is 0 Å². The number of fused-ring (bicyclic) bond motifs is 1. The van der Waals surface area contributed by atoms with E-state index >= 15 is 0 Å². The number of thioether (sulfide) groups is 1. The van der Waals surface area contributed by atoms with Gasteiger partial charge in [-0.15, -0.1) is 11.8 Å². The van der Waals surface area contributed by atoms with Crippen molar-refractivity contribution in [1.29, 1.82) is 0 Å². The number of hydrogen-bond donors (Lipinski definition) is 0. The Kier molecular flexibility index (Phi) is 4.49. The Morgan fingerprint density at radius 2 is 2.11 bits per heavy atom. The summed E-state index contributed by atoms with van der Waals surface area (Å²) >= 11 is 2.10. The van der Waals surface area contributed by atoms with E-state index in [-0.39, 0.29) is 0 Å². The van der Waals surface area contributed by atoms with Crippen LogP contribution in [0.1, 0.15) is 38.2 Å². The van der Waals surface area contributed by atoms with Gasteiger partial charge in [0.2, 0.25) is 0 Å². The van der Waals surface area contributed by atoms with Gasteiger partial charge in [-0.25, -0.2) is 0 Å². The number of nitrogens with zero attached hydrogens (tertiary/aromatic N) is 1. The summed E-state index contributed by atoms with van der Waals surface area (Å²) in [5.41, 5.74) is 1.57. The molecule has 2 atom stereocenters. The van der Waals surface area contributed by atoms with Crippen molar-refractivity contribution in [3.63, 3.8) is 0 Å². The average molecular weight is 275 g/mol. The van der Waals surface area contributed by atoms with Gasteiger partial charge in [0.15, 0.2) is 0 Å². The highest BCUT2D eigenvalue weighted by molar-refractivity contribution is 8.00. The first-order valence-electron chi connectivity index (χ1n) is 7.82. The predicted octanol–water partition coefficient (Wildman–Crippen LogP) is 4.22. The summed E-state index contributed by atoms with van der Waals surface area (Å²) in [6.45, 7) is 6.29. The number of likely N-dealkylation sites (tertiary alicyclic amines) is 1. The molecule has 0 aromatic heterocycles. The zero-order chi connectivity index (χ0) is 13.1. The molecule has 0 N–H and O–H groups in total. The molecule has 1 fully saturated rings. The van der Waals surface area contributed by atoms with Crippen LogP contribution in [0.4, 0.5) is 0 Å². The monoisotopic (exact) mass is 275 g/mol. The molecule has 1 nitrogen and oxygen atoms in total. The van der Waals surface area contributed by atoms with Crippen LogP contribution in [-0.2, 0) is 6.42 Å². The van der Waals surface area contributed by atoms with Crippen molar-refractivity contribution in [3.8, 4) is 0 Å². The maximum Gasteiger partial charge on any atom is 0.0263 e. The van der Waals surface area contributed by atoms with Gasteiger partial charge in [0.1, 0.15) is 0 Å². The zero-order valence-electron chi connectivity index (χ0n) is 12.0. The van der Waals surface area contributed by atoms with Gasteiger partial charge in [0, 0.05) is 16.7 Å². The van der Waals surface area contributed by atoms with Crippen LogP contribution in [-0.4, -0.2) is 29.8 Å². The van der Waals surface area contributed by atoms with E-state index in [0.717, 1.165) is 11.2 Å². The highest BCUT2D eigenvalue weighted by Gasteiger charge is 2.25. The Labute approximate surface area is 121 Å². The average Bonchev–Trinajstić information content (AvgIpc) is 2.70. The van der Waals surface area contributed by atoms with Crippen molar-refractivity contribution in [3.05, 3.63) is 29.8 Å². The molecule has 2 heterocycles. The third-order valence-corrected chi connectivity index (χ3v) is 5.99. The predicted molar refractivity (Wildman–Crippen MR) is 83.9 cm³/mol. The Morgan fingerprint density at radius 1 is 1.21 bits per heavy atom. The summed E-state index contributed by atoms with van der Waals surface area (Å²) in [5, 5.41) is 0.788. The second kappa shape index (κ2) is 6.32. The van der Waals surface area contributed by atoms with Gasteiger partial charge < -0.3 is 4.90 Å². The number of hydrogen-bond acceptors (Lipinski definition) is 2. The third kappa shape index (κ3) is 3.35. The molecule has 104 valence electrons. The molecule has 0 radical (unpaired) electrons. The van der Waals surface area contributed by atoms with Gasteiger partial charge in [-0.3, -0.25) is 0 Å². The molecule has 2 heteroatoms. The summed E-state index contributed by atoms with van der Waals surface area (Å²) in [6, 6.07) is 8.94. The third-order valence-electron chi connectivity index (χ3n) is 4.69. The Balaban J connectivity index is 1.53. The van der Waals surface area contributed by atoms with Gasteiger partial charge in [-0.05, 0) is 56.3 Å².